The Balaban J connectivity index is 2.10. The largest absolute Gasteiger partial charge is 0.456 e. The summed E-state index contributed by atoms with van der Waals surface area (Å²) in [6.07, 6.45) is 7.08. The van der Waals surface area contributed by atoms with Crippen LogP contribution in [0.2, 0.25) is 0 Å². The molecule has 0 saturated heterocycles. The predicted molar refractivity (Wildman–Crippen MR) is 85.2 cm³/mol. The van der Waals surface area contributed by atoms with Gasteiger partial charge in [0, 0.05) is 10.8 Å². The van der Waals surface area contributed by atoms with Crippen LogP contribution in [0, 0.1) is 0 Å². The normalized spacial score (nSPS) is 12.0. The first-order chi connectivity index (χ1) is 9.79. The van der Waals surface area contributed by atoms with Gasteiger partial charge in [0.05, 0.1) is 0 Å². The molecule has 0 aliphatic heterocycles. The lowest BCUT2D eigenvalue weighted by Crippen LogP contribution is -1.79. The van der Waals surface area contributed by atoms with E-state index in [0.717, 1.165) is 33.1 Å². The summed E-state index contributed by atoms with van der Waals surface area (Å²) in [6, 6.07) is 14.2. The van der Waals surface area contributed by atoms with E-state index in [9.17, 15) is 0 Å². The summed E-state index contributed by atoms with van der Waals surface area (Å²) in [5.41, 5.74) is 9.12. The first-order valence-electron chi connectivity index (χ1n) is 6.45. The Hall–Kier alpha value is -2.74. The number of fused-ring (bicyclic) bond motifs is 3. The Labute approximate surface area is 117 Å². The van der Waals surface area contributed by atoms with E-state index in [2.05, 4.69) is 18.7 Å². The molecule has 2 nitrogen and oxygen atoms in total. The van der Waals surface area contributed by atoms with Gasteiger partial charge in [-0.05, 0) is 41.6 Å². The van der Waals surface area contributed by atoms with Gasteiger partial charge in [0.1, 0.15) is 11.2 Å². The van der Waals surface area contributed by atoms with Crippen molar-refractivity contribution < 1.29 is 4.42 Å². The van der Waals surface area contributed by atoms with Gasteiger partial charge < -0.3 is 10.2 Å². The van der Waals surface area contributed by atoms with E-state index in [0.29, 0.717) is 0 Å². The van der Waals surface area contributed by atoms with Gasteiger partial charge in [-0.1, -0.05) is 43.0 Å². The lowest BCUT2D eigenvalue weighted by Gasteiger charge is -2.00. The van der Waals surface area contributed by atoms with Gasteiger partial charge in [-0.15, -0.1) is 0 Å². The SMILES string of the molecule is C=C(/C=C\C=C/N)c1ccc2oc3ccccc3c2c1. The number of nitrogens with two attached hydrogens (primary N) is 1. The van der Waals surface area contributed by atoms with Crippen LogP contribution < -0.4 is 5.73 Å². The monoisotopic (exact) mass is 261 g/mol. The van der Waals surface area contributed by atoms with E-state index < -0.39 is 0 Å². The number of benzene rings is 2. The molecule has 2 aromatic carbocycles. The maximum Gasteiger partial charge on any atom is 0.135 e. The fourth-order valence-corrected chi connectivity index (χ4v) is 2.26. The predicted octanol–water partition coefficient (Wildman–Crippen LogP) is 4.63. The highest BCUT2D eigenvalue weighted by Crippen LogP contribution is 2.30. The molecule has 2 N–H and O–H groups in total. The second kappa shape index (κ2) is 5.10. The summed E-state index contributed by atoms with van der Waals surface area (Å²) >= 11 is 0. The number of hydrogen-bond acceptors (Lipinski definition) is 2. The lowest BCUT2D eigenvalue weighted by molar-refractivity contribution is 0.669. The first-order valence-corrected chi connectivity index (χ1v) is 6.45. The number of allylic oxidation sites excluding steroid dienone is 4. The van der Waals surface area contributed by atoms with Crippen molar-refractivity contribution in [2.45, 2.75) is 0 Å². The standard InChI is InChI=1S/C18H15NO/c1-13(6-4-5-11-19)14-9-10-18-16(12-14)15-7-2-3-8-17(15)20-18/h2-12H,1,19H2/b6-4-,11-5-. The highest BCUT2D eigenvalue weighted by Gasteiger charge is 2.07. The molecule has 0 atom stereocenters. The number of rotatable bonds is 3. The van der Waals surface area contributed by atoms with Crippen LogP contribution in [0.5, 0.6) is 0 Å². The van der Waals surface area contributed by atoms with E-state index >= 15 is 0 Å². The van der Waals surface area contributed by atoms with Crippen LogP contribution in [0.4, 0.5) is 0 Å². The Bertz CT molecular complexity index is 837. The average molecular weight is 261 g/mol. The third kappa shape index (κ3) is 2.12. The van der Waals surface area contributed by atoms with Crippen molar-refractivity contribution in [1.29, 1.82) is 0 Å². The number of hydrogen-bond donors (Lipinski definition) is 1. The van der Waals surface area contributed by atoms with Crippen LogP contribution in [0.25, 0.3) is 27.5 Å². The molecule has 98 valence electrons. The van der Waals surface area contributed by atoms with E-state index in [-0.39, 0.29) is 0 Å². The van der Waals surface area contributed by atoms with Gasteiger partial charge >= 0.3 is 0 Å². The van der Waals surface area contributed by atoms with Crippen LogP contribution in [-0.2, 0) is 0 Å². The second-order valence-corrected chi connectivity index (χ2v) is 4.58. The van der Waals surface area contributed by atoms with E-state index in [4.69, 9.17) is 10.2 Å². The summed E-state index contributed by atoms with van der Waals surface area (Å²) in [4.78, 5) is 0. The summed E-state index contributed by atoms with van der Waals surface area (Å²) in [6.45, 7) is 4.08. The zero-order chi connectivity index (χ0) is 13.9. The Kier molecular flexibility index (Phi) is 3.13. The zero-order valence-corrected chi connectivity index (χ0v) is 11.0. The molecule has 0 bridgehead atoms. The molecule has 3 rings (SSSR count). The number of para-hydroxylation sites is 1. The Morgan fingerprint density at radius 2 is 1.80 bits per heavy atom. The third-order valence-corrected chi connectivity index (χ3v) is 3.27. The molecule has 0 amide bonds. The molecule has 0 aliphatic rings. The minimum absolute atomic E-state index is 0.897. The van der Waals surface area contributed by atoms with Gasteiger partial charge in [-0.2, -0.15) is 0 Å². The topological polar surface area (TPSA) is 39.2 Å². The van der Waals surface area contributed by atoms with Gasteiger partial charge in [0.15, 0.2) is 0 Å². The maximum atomic E-state index is 5.81. The lowest BCUT2D eigenvalue weighted by atomic mass is 10.0. The maximum absolute atomic E-state index is 5.81. The van der Waals surface area contributed by atoms with Crippen LogP contribution in [0.1, 0.15) is 5.56 Å². The molecule has 1 heterocycles. The van der Waals surface area contributed by atoms with Gasteiger partial charge in [-0.3, -0.25) is 0 Å². The van der Waals surface area contributed by atoms with E-state index in [1.807, 2.05) is 42.5 Å². The molecule has 3 aromatic rings. The fraction of sp³-hybridized carbons (Fsp3) is 0. The van der Waals surface area contributed by atoms with Gasteiger partial charge in [-0.25, -0.2) is 0 Å². The van der Waals surface area contributed by atoms with Crippen LogP contribution >= 0.6 is 0 Å². The quantitative estimate of drug-likeness (QED) is 0.698. The smallest absolute Gasteiger partial charge is 0.135 e. The van der Waals surface area contributed by atoms with Crippen LogP contribution in [0.15, 0.2) is 77.9 Å². The molecule has 20 heavy (non-hydrogen) atoms. The minimum Gasteiger partial charge on any atom is -0.456 e. The molecule has 1 aromatic heterocycles. The summed E-state index contributed by atoms with van der Waals surface area (Å²) < 4.78 is 5.81. The first kappa shape index (κ1) is 12.3. The van der Waals surface area contributed by atoms with Crippen molar-refractivity contribution in [3.8, 4) is 0 Å². The minimum atomic E-state index is 0.897. The molecule has 0 unspecified atom stereocenters. The highest BCUT2D eigenvalue weighted by molar-refractivity contribution is 6.05. The van der Waals surface area contributed by atoms with Gasteiger partial charge in [0.25, 0.3) is 0 Å². The van der Waals surface area contributed by atoms with Crippen LogP contribution in [-0.4, -0.2) is 0 Å². The van der Waals surface area contributed by atoms with E-state index in [1.54, 1.807) is 6.08 Å². The van der Waals surface area contributed by atoms with Crippen molar-refractivity contribution in [2.24, 2.45) is 5.73 Å². The van der Waals surface area contributed by atoms with Crippen molar-refractivity contribution in [1.82, 2.24) is 0 Å². The molecule has 0 fully saturated rings. The van der Waals surface area contributed by atoms with Crippen molar-refractivity contribution in [2.75, 3.05) is 0 Å². The fourth-order valence-electron chi connectivity index (χ4n) is 2.26. The second-order valence-electron chi connectivity index (χ2n) is 4.58. The highest BCUT2D eigenvalue weighted by atomic mass is 16.3. The molecular weight excluding hydrogens is 246 g/mol. The summed E-state index contributed by atoms with van der Waals surface area (Å²) in [5.74, 6) is 0. The Morgan fingerprint density at radius 1 is 1.00 bits per heavy atom. The Morgan fingerprint density at radius 3 is 2.65 bits per heavy atom. The number of furan rings is 1. The van der Waals surface area contributed by atoms with Crippen LogP contribution in [0.3, 0.4) is 0 Å². The summed E-state index contributed by atoms with van der Waals surface area (Å²) in [5, 5.41) is 2.24. The molecule has 0 aliphatic carbocycles. The third-order valence-electron chi connectivity index (χ3n) is 3.27. The summed E-state index contributed by atoms with van der Waals surface area (Å²) in [7, 11) is 0. The zero-order valence-electron chi connectivity index (χ0n) is 11.0. The van der Waals surface area contributed by atoms with Crippen molar-refractivity contribution in [3.05, 3.63) is 79.0 Å². The molecule has 0 spiro atoms. The molecule has 0 radical (unpaired) electrons. The van der Waals surface area contributed by atoms with Crippen molar-refractivity contribution in [3.63, 3.8) is 0 Å². The van der Waals surface area contributed by atoms with Gasteiger partial charge in [0.2, 0.25) is 0 Å². The average Bonchev–Trinajstić information content (AvgIpc) is 2.85. The molecule has 2 heteroatoms. The van der Waals surface area contributed by atoms with E-state index in [1.165, 1.54) is 6.20 Å². The van der Waals surface area contributed by atoms with Crippen molar-refractivity contribution >= 4 is 27.5 Å². The molecule has 0 saturated carbocycles. The molecular formula is C18H15NO.